The normalized spacial score (nSPS) is 24.3. The maximum atomic E-state index is 3.75. The van der Waals surface area contributed by atoms with Gasteiger partial charge in [0.05, 0.1) is 0 Å². The first-order valence-electron chi connectivity index (χ1n) is 7.96. The van der Waals surface area contributed by atoms with E-state index in [4.69, 9.17) is 0 Å². The van der Waals surface area contributed by atoms with Gasteiger partial charge in [0, 0.05) is 10.7 Å². The lowest BCUT2D eigenvalue weighted by atomic mass is 9.91. The van der Waals surface area contributed by atoms with Crippen molar-refractivity contribution in [3.63, 3.8) is 0 Å². The average Bonchev–Trinajstić information content (AvgIpc) is 3.05. The Morgan fingerprint density at radius 3 is 2.90 bits per heavy atom. The highest BCUT2D eigenvalue weighted by atomic mass is 32.1. The van der Waals surface area contributed by atoms with Crippen LogP contribution >= 0.6 is 11.3 Å². The smallest absolute Gasteiger partial charge is 0.0345 e. The van der Waals surface area contributed by atoms with Gasteiger partial charge in [0.1, 0.15) is 0 Å². The molecule has 3 atom stereocenters. The van der Waals surface area contributed by atoms with Crippen LogP contribution in [0.4, 0.5) is 0 Å². The minimum Gasteiger partial charge on any atom is -0.314 e. The van der Waals surface area contributed by atoms with Crippen molar-refractivity contribution in [2.24, 2.45) is 11.8 Å². The first-order chi connectivity index (χ1) is 9.78. The molecule has 0 aliphatic heterocycles. The van der Waals surface area contributed by atoms with E-state index in [9.17, 15) is 0 Å². The summed E-state index contributed by atoms with van der Waals surface area (Å²) in [5, 5.41) is 7.59. The average molecular weight is 287 g/mol. The summed E-state index contributed by atoms with van der Waals surface area (Å²) < 4.78 is 1.43. The Hall–Kier alpha value is -0.860. The summed E-state index contributed by atoms with van der Waals surface area (Å²) in [5.74, 6) is 1.78. The second-order valence-corrected chi connectivity index (χ2v) is 7.21. The summed E-state index contributed by atoms with van der Waals surface area (Å²) >= 11 is 1.89. The molecule has 1 nitrogen and oxygen atoms in total. The Morgan fingerprint density at radius 1 is 1.30 bits per heavy atom. The van der Waals surface area contributed by atoms with Gasteiger partial charge in [0.15, 0.2) is 0 Å². The van der Waals surface area contributed by atoms with Gasteiger partial charge in [-0.25, -0.2) is 0 Å². The van der Waals surface area contributed by atoms with E-state index in [0.717, 1.165) is 18.4 Å². The Bertz CT molecular complexity index is 559. The molecule has 1 aliphatic carbocycles. The molecular weight excluding hydrogens is 262 g/mol. The van der Waals surface area contributed by atoms with E-state index in [1.807, 2.05) is 11.3 Å². The topological polar surface area (TPSA) is 12.0 Å². The SMILES string of the molecule is CCNC(Cc1csc2ccccc12)C1CCC(C)C1. The second kappa shape index (κ2) is 6.28. The third-order valence-corrected chi connectivity index (χ3v) is 5.78. The molecule has 1 N–H and O–H groups in total. The fourth-order valence-corrected chi connectivity index (χ4v) is 4.69. The van der Waals surface area contributed by atoms with E-state index in [-0.39, 0.29) is 0 Å². The summed E-state index contributed by atoms with van der Waals surface area (Å²) in [6.07, 6.45) is 5.41. The zero-order valence-electron chi connectivity index (χ0n) is 12.6. The van der Waals surface area contributed by atoms with Crippen molar-refractivity contribution >= 4 is 21.4 Å². The molecule has 108 valence electrons. The van der Waals surface area contributed by atoms with Crippen LogP contribution in [0.3, 0.4) is 0 Å². The molecule has 1 aromatic heterocycles. The van der Waals surface area contributed by atoms with Crippen molar-refractivity contribution in [3.05, 3.63) is 35.2 Å². The van der Waals surface area contributed by atoms with E-state index < -0.39 is 0 Å². The number of hydrogen-bond donors (Lipinski definition) is 1. The summed E-state index contributed by atoms with van der Waals surface area (Å²) in [7, 11) is 0. The van der Waals surface area contributed by atoms with Crippen molar-refractivity contribution in [2.45, 2.75) is 45.6 Å². The van der Waals surface area contributed by atoms with Crippen LogP contribution in [0.15, 0.2) is 29.6 Å². The van der Waals surface area contributed by atoms with Crippen molar-refractivity contribution in [1.82, 2.24) is 5.32 Å². The molecule has 3 unspecified atom stereocenters. The predicted molar refractivity (Wildman–Crippen MR) is 89.5 cm³/mol. The summed E-state index contributed by atoms with van der Waals surface area (Å²) in [4.78, 5) is 0. The van der Waals surface area contributed by atoms with Crippen LogP contribution in [0, 0.1) is 11.8 Å². The molecule has 1 heterocycles. The minimum atomic E-state index is 0.656. The highest BCUT2D eigenvalue weighted by Gasteiger charge is 2.28. The second-order valence-electron chi connectivity index (χ2n) is 6.30. The Balaban J connectivity index is 1.79. The number of fused-ring (bicyclic) bond motifs is 1. The number of benzene rings is 1. The number of nitrogens with one attached hydrogen (secondary N) is 1. The number of likely N-dealkylation sites (N-methyl/N-ethyl adjacent to an activating group) is 1. The first kappa shape index (κ1) is 14.1. The van der Waals surface area contributed by atoms with E-state index >= 15 is 0 Å². The molecule has 0 spiro atoms. The third-order valence-electron chi connectivity index (χ3n) is 4.77. The highest BCUT2D eigenvalue weighted by Crippen LogP contribution is 2.35. The van der Waals surface area contributed by atoms with Crippen molar-refractivity contribution in [3.8, 4) is 0 Å². The Kier molecular flexibility index (Phi) is 4.42. The fraction of sp³-hybridized carbons (Fsp3) is 0.556. The molecular formula is C18H25NS. The lowest BCUT2D eigenvalue weighted by molar-refractivity contribution is 0.354. The van der Waals surface area contributed by atoms with Gasteiger partial charge in [-0.05, 0) is 60.0 Å². The summed E-state index contributed by atoms with van der Waals surface area (Å²) in [5.41, 5.74) is 1.54. The molecule has 2 aromatic rings. The van der Waals surface area contributed by atoms with Gasteiger partial charge in [-0.1, -0.05) is 38.5 Å². The van der Waals surface area contributed by atoms with Crippen LogP contribution in [0.5, 0.6) is 0 Å². The quantitative estimate of drug-likeness (QED) is 0.828. The lowest BCUT2D eigenvalue weighted by Gasteiger charge is -2.24. The van der Waals surface area contributed by atoms with Crippen LogP contribution in [-0.4, -0.2) is 12.6 Å². The van der Waals surface area contributed by atoms with Crippen LogP contribution in [-0.2, 0) is 6.42 Å². The molecule has 1 fully saturated rings. The maximum absolute atomic E-state index is 3.75. The monoisotopic (exact) mass is 287 g/mol. The molecule has 1 aromatic carbocycles. The molecule has 0 radical (unpaired) electrons. The zero-order chi connectivity index (χ0) is 13.9. The molecule has 3 rings (SSSR count). The maximum Gasteiger partial charge on any atom is 0.0345 e. The Morgan fingerprint density at radius 2 is 2.15 bits per heavy atom. The van der Waals surface area contributed by atoms with E-state index in [1.54, 1.807) is 0 Å². The standard InChI is InChI=1S/C18H25NS/c1-3-19-17(14-9-8-13(2)10-14)11-15-12-20-18-7-5-4-6-16(15)18/h4-7,12-14,17,19H,3,8-11H2,1-2H3. The fourth-order valence-electron chi connectivity index (χ4n) is 3.71. The number of rotatable bonds is 5. The lowest BCUT2D eigenvalue weighted by Crippen LogP contribution is -2.37. The van der Waals surface area contributed by atoms with Crippen molar-refractivity contribution in [2.75, 3.05) is 6.54 Å². The van der Waals surface area contributed by atoms with Gasteiger partial charge >= 0.3 is 0 Å². The molecule has 2 heteroatoms. The first-order valence-corrected chi connectivity index (χ1v) is 8.84. The highest BCUT2D eigenvalue weighted by molar-refractivity contribution is 7.17. The molecule has 1 aliphatic rings. The van der Waals surface area contributed by atoms with E-state index in [1.165, 1.54) is 41.3 Å². The number of thiophene rings is 1. The van der Waals surface area contributed by atoms with Crippen LogP contribution in [0.25, 0.3) is 10.1 Å². The van der Waals surface area contributed by atoms with Gasteiger partial charge in [-0.2, -0.15) is 0 Å². The van der Waals surface area contributed by atoms with Crippen LogP contribution in [0.2, 0.25) is 0 Å². The minimum absolute atomic E-state index is 0.656. The zero-order valence-corrected chi connectivity index (χ0v) is 13.4. The van der Waals surface area contributed by atoms with E-state index in [2.05, 4.69) is 48.8 Å². The molecule has 20 heavy (non-hydrogen) atoms. The van der Waals surface area contributed by atoms with E-state index in [0.29, 0.717) is 6.04 Å². The van der Waals surface area contributed by atoms with Crippen molar-refractivity contribution < 1.29 is 0 Å². The van der Waals surface area contributed by atoms with Gasteiger partial charge in [-0.3, -0.25) is 0 Å². The third kappa shape index (κ3) is 2.91. The van der Waals surface area contributed by atoms with Crippen molar-refractivity contribution in [1.29, 1.82) is 0 Å². The van der Waals surface area contributed by atoms with Gasteiger partial charge in [0.2, 0.25) is 0 Å². The van der Waals surface area contributed by atoms with Gasteiger partial charge in [0.25, 0.3) is 0 Å². The van der Waals surface area contributed by atoms with Crippen LogP contribution in [0.1, 0.15) is 38.7 Å². The predicted octanol–water partition coefficient (Wildman–Crippen LogP) is 4.86. The van der Waals surface area contributed by atoms with Crippen LogP contribution < -0.4 is 5.32 Å². The Labute approximate surface area is 126 Å². The summed E-state index contributed by atoms with van der Waals surface area (Å²) in [6.45, 7) is 5.72. The van der Waals surface area contributed by atoms with Gasteiger partial charge in [-0.15, -0.1) is 11.3 Å². The largest absolute Gasteiger partial charge is 0.314 e. The molecule has 1 saturated carbocycles. The molecule has 0 bridgehead atoms. The van der Waals surface area contributed by atoms with Gasteiger partial charge < -0.3 is 5.32 Å². The molecule has 0 saturated heterocycles. The summed E-state index contributed by atoms with van der Waals surface area (Å²) in [6, 6.07) is 9.48. The number of hydrogen-bond acceptors (Lipinski definition) is 2. The molecule has 0 amide bonds.